The van der Waals surface area contributed by atoms with Crippen molar-refractivity contribution in [2.75, 3.05) is 26.9 Å². The largest absolute Gasteiger partial charge is 0.385 e. The molecule has 0 saturated heterocycles. The third kappa shape index (κ3) is 4.86. The van der Waals surface area contributed by atoms with Gasteiger partial charge in [0, 0.05) is 20.3 Å². The van der Waals surface area contributed by atoms with E-state index in [0.717, 1.165) is 39.1 Å². The molecule has 74 valence electrons. The van der Waals surface area contributed by atoms with Crippen molar-refractivity contribution in [1.29, 1.82) is 0 Å². The third-order valence-electron chi connectivity index (χ3n) is 2.02. The fourth-order valence-corrected chi connectivity index (χ4v) is 1.28. The van der Waals surface area contributed by atoms with E-state index in [1.54, 1.807) is 7.11 Å². The van der Waals surface area contributed by atoms with E-state index in [2.05, 4.69) is 18.2 Å². The van der Waals surface area contributed by atoms with Gasteiger partial charge in [0.1, 0.15) is 0 Å². The molecule has 0 heterocycles. The molecule has 1 rings (SSSR count). The van der Waals surface area contributed by atoms with Crippen LogP contribution in [0.3, 0.4) is 0 Å². The Morgan fingerprint density at radius 3 is 3.00 bits per heavy atom. The topological polar surface area (TPSA) is 18.5 Å². The van der Waals surface area contributed by atoms with Crippen LogP contribution in [-0.2, 0) is 9.47 Å². The first-order valence-corrected chi connectivity index (χ1v) is 4.84. The smallest absolute Gasteiger partial charge is 0.0679 e. The number of methoxy groups -OCH3 is 1. The molecule has 0 bridgehead atoms. The Hall–Kier alpha value is -0.600. The second kappa shape index (κ2) is 6.87. The van der Waals surface area contributed by atoms with Crippen molar-refractivity contribution in [1.82, 2.24) is 0 Å². The van der Waals surface area contributed by atoms with Gasteiger partial charge in [-0.25, -0.2) is 0 Å². The average Bonchev–Trinajstić information content (AvgIpc) is 2.19. The molecule has 0 fully saturated rings. The molecule has 0 N–H and O–H groups in total. The molecule has 0 amide bonds. The third-order valence-corrected chi connectivity index (χ3v) is 2.02. The molecule has 0 spiro atoms. The SMILES string of the molecule is COCCCOCC1=CC=CCC1. The number of hydrogen-bond acceptors (Lipinski definition) is 2. The van der Waals surface area contributed by atoms with Crippen LogP contribution >= 0.6 is 0 Å². The van der Waals surface area contributed by atoms with E-state index in [1.807, 2.05) is 0 Å². The van der Waals surface area contributed by atoms with Gasteiger partial charge in [-0.15, -0.1) is 0 Å². The highest BCUT2D eigenvalue weighted by Gasteiger charge is 1.98. The maximum atomic E-state index is 5.49. The maximum Gasteiger partial charge on any atom is 0.0679 e. The Labute approximate surface area is 80.2 Å². The standard InChI is InChI=1S/C11H18O2/c1-12-8-5-9-13-10-11-6-3-2-4-7-11/h2-3,6H,4-5,7-10H2,1H3. The number of rotatable bonds is 6. The molecule has 13 heavy (non-hydrogen) atoms. The fraction of sp³-hybridized carbons (Fsp3) is 0.636. The first kappa shape index (κ1) is 10.5. The Balaban J connectivity index is 1.99. The van der Waals surface area contributed by atoms with Crippen LogP contribution in [0, 0.1) is 0 Å². The van der Waals surface area contributed by atoms with Gasteiger partial charge in [0.25, 0.3) is 0 Å². The lowest BCUT2D eigenvalue weighted by molar-refractivity contribution is 0.115. The lowest BCUT2D eigenvalue weighted by Crippen LogP contribution is -2.03. The van der Waals surface area contributed by atoms with Gasteiger partial charge < -0.3 is 9.47 Å². The van der Waals surface area contributed by atoms with Gasteiger partial charge in [-0.05, 0) is 24.8 Å². The number of hydrogen-bond donors (Lipinski definition) is 0. The van der Waals surface area contributed by atoms with Crippen LogP contribution in [0.5, 0.6) is 0 Å². The maximum absolute atomic E-state index is 5.49. The van der Waals surface area contributed by atoms with E-state index in [-0.39, 0.29) is 0 Å². The molecule has 1 aliphatic carbocycles. The van der Waals surface area contributed by atoms with Crippen LogP contribution < -0.4 is 0 Å². The van der Waals surface area contributed by atoms with Crippen molar-refractivity contribution in [3.63, 3.8) is 0 Å². The molecule has 0 aromatic heterocycles. The second-order valence-corrected chi connectivity index (χ2v) is 3.19. The molecule has 0 saturated carbocycles. The van der Waals surface area contributed by atoms with Gasteiger partial charge in [-0.3, -0.25) is 0 Å². The van der Waals surface area contributed by atoms with Crippen molar-refractivity contribution in [3.8, 4) is 0 Å². The molecule has 0 aromatic rings. The highest BCUT2D eigenvalue weighted by Crippen LogP contribution is 2.11. The first-order chi connectivity index (χ1) is 6.43. The van der Waals surface area contributed by atoms with Crippen molar-refractivity contribution in [2.24, 2.45) is 0 Å². The van der Waals surface area contributed by atoms with Gasteiger partial charge in [-0.1, -0.05) is 18.2 Å². The van der Waals surface area contributed by atoms with Crippen molar-refractivity contribution in [3.05, 3.63) is 23.8 Å². The van der Waals surface area contributed by atoms with E-state index in [1.165, 1.54) is 5.57 Å². The minimum absolute atomic E-state index is 0.786. The molecular weight excluding hydrogens is 164 g/mol. The van der Waals surface area contributed by atoms with Gasteiger partial charge in [0.05, 0.1) is 6.61 Å². The fourth-order valence-electron chi connectivity index (χ4n) is 1.28. The van der Waals surface area contributed by atoms with Crippen LogP contribution in [0.15, 0.2) is 23.8 Å². The van der Waals surface area contributed by atoms with Gasteiger partial charge in [0.2, 0.25) is 0 Å². The summed E-state index contributed by atoms with van der Waals surface area (Å²) in [6, 6.07) is 0. The molecule has 2 heteroatoms. The lowest BCUT2D eigenvalue weighted by Gasteiger charge is -2.09. The highest BCUT2D eigenvalue weighted by molar-refractivity contribution is 5.17. The predicted molar refractivity (Wildman–Crippen MR) is 53.8 cm³/mol. The molecule has 1 aliphatic rings. The summed E-state index contributed by atoms with van der Waals surface area (Å²) in [6.07, 6.45) is 9.75. The van der Waals surface area contributed by atoms with E-state index in [0.29, 0.717) is 0 Å². The minimum atomic E-state index is 0.786. The number of allylic oxidation sites excluding steroid dienone is 3. The molecular formula is C11H18O2. The normalized spacial score (nSPS) is 15.9. The zero-order valence-corrected chi connectivity index (χ0v) is 8.29. The predicted octanol–water partition coefficient (Wildman–Crippen LogP) is 2.32. The Bertz CT molecular complexity index is 183. The summed E-state index contributed by atoms with van der Waals surface area (Å²) in [5.74, 6) is 0. The van der Waals surface area contributed by atoms with Gasteiger partial charge in [-0.2, -0.15) is 0 Å². The van der Waals surface area contributed by atoms with Gasteiger partial charge in [0.15, 0.2) is 0 Å². The molecule has 0 aromatic carbocycles. The Morgan fingerprint density at radius 2 is 2.31 bits per heavy atom. The van der Waals surface area contributed by atoms with E-state index < -0.39 is 0 Å². The first-order valence-electron chi connectivity index (χ1n) is 4.84. The quantitative estimate of drug-likeness (QED) is 0.587. The summed E-state index contributed by atoms with van der Waals surface area (Å²) in [4.78, 5) is 0. The van der Waals surface area contributed by atoms with Crippen LogP contribution in [-0.4, -0.2) is 26.9 Å². The summed E-state index contributed by atoms with van der Waals surface area (Å²) >= 11 is 0. The highest BCUT2D eigenvalue weighted by atomic mass is 16.5. The monoisotopic (exact) mass is 182 g/mol. The molecule has 0 radical (unpaired) electrons. The van der Waals surface area contributed by atoms with E-state index >= 15 is 0 Å². The second-order valence-electron chi connectivity index (χ2n) is 3.19. The van der Waals surface area contributed by atoms with Crippen molar-refractivity contribution < 1.29 is 9.47 Å². The van der Waals surface area contributed by atoms with Crippen molar-refractivity contribution >= 4 is 0 Å². The zero-order chi connectivity index (χ0) is 9.36. The molecule has 0 unspecified atom stereocenters. The average molecular weight is 182 g/mol. The Kier molecular flexibility index (Phi) is 5.54. The van der Waals surface area contributed by atoms with E-state index in [9.17, 15) is 0 Å². The minimum Gasteiger partial charge on any atom is -0.385 e. The summed E-state index contributed by atoms with van der Waals surface area (Å²) < 4.78 is 10.4. The molecule has 0 aliphatic heterocycles. The lowest BCUT2D eigenvalue weighted by atomic mass is 10.1. The molecule has 0 atom stereocenters. The summed E-state index contributed by atoms with van der Waals surface area (Å²) in [7, 11) is 1.72. The zero-order valence-electron chi connectivity index (χ0n) is 8.29. The number of ether oxygens (including phenoxy) is 2. The summed E-state index contributed by atoms with van der Waals surface area (Å²) in [5.41, 5.74) is 1.40. The van der Waals surface area contributed by atoms with Gasteiger partial charge >= 0.3 is 0 Å². The summed E-state index contributed by atoms with van der Waals surface area (Å²) in [6.45, 7) is 2.38. The van der Waals surface area contributed by atoms with Crippen LogP contribution in [0.1, 0.15) is 19.3 Å². The van der Waals surface area contributed by atoms with Crippen LogP contribution in [0.4, 0.5) is 0 Å². The van der Waals surface area contributed by atoms with E-state index in [4.69, 9.17) is 9.47 Å². The van der Waals surface area contributed by atoms with Crippen LogP contribution in [0.2, 0.25) is 0 Å². The molecule has 2 nitrogen and oxygen atoms in total. The van der Waals surface area contributed by atoms with Crippen LogP contribution in [0.25, 0.3) is 0 Å². The summed E-state index contributed by atoms with van der Waals surface area (Å²) in [5, 5.41) is 0. The van der Waals surface area contributed by atoms with Crippen molar-refractivity contribution in [2.45, 2.75) is 19.3 Å². The Morgan fingerprint density at radius 1 is 1.38 bits per heavy atom.